The highest BCUT2D eigenvalue weighted by molar-refractivity contribution is 5.69. The third-order valence-corrected chi connectivity index (χ3v) is 2.52. The Hall–Kier alpha value is -1.36. The van der Waals surface area contributed by atoms with Crippen LogP contribution in [0.15, 0.2) is 18.7 Å². The summed E-state index contributed by atoms with van der Waals surface area (Å²) in [6, 6.07) is 0. The van der Waals surface area contributed by atoms with Crippen molar-refractivity contribution in [2.45, 2.75) is 19.9 Å². The summed E-state index contributed by atoms with van der Waals surface area (Å²) in [6.45, 7) is 4.15. The summed E-state index contributed by atoms with van der Waals surface area (Å²) in [5.74, 6) is -1.04. The second-order valence-corrected chi connectivity index (χ2v) is 4.16. The number of nitrogens with zero attached hydrogens (tertiary/aromatic N) is 3. The highest BCUT2D eigenvalue weighted by Gasteiger charge is 2.12. The van der Waals surface area contributed by atoms with E-state index in [1.54, 1.807) is 19.4 Å². The Kier molecular flexibility index (Phi) is 4.98. The van der Waals surface area contributed by atoms with Gasteiger partial charge in [0.15, 0.2) is 0 Å². The van der Waals surface area contributed by atoms with Gasteiger partial charge in [-0.25, -0.2) is 4.98 Å². The quantitative estimate of drug-likeness (QED) is 0.750. The summed E-state index contributed by atoms with van der Waals surface area (Å²) >= 11 is 0. The summed E-state index contributed by atoms with van der Waals surface area (Å²) in [6.07, 6.45) is 6.48. The van der Waals surface area contributed by atoms with Gasteiger partial charge in [0.1, 0.15) is 0 Å². The minimum atomic E-state index is -0.735. The minimum absolute atomic E-state index is 0.307. The molecule has 90 valence electrons. The zero-order chi connectivity index (χ0) is 12.0. The maximum atomic E-state index is 10.7. The van der Waals surface area contributed by atoms with Crippen LogP contribution in [0.3, 0.4) is 0 Å². The summed E-state index contributed by atoms with van der Waals surface area (Å²) in [5.41, 5.74) is 0. The molecule has 1 aromatic rings. The lowest BCUT2D eigenvalue weighted by atomic mass is 10.2. The maximum Gasteiger partial charge on any atom is 0.307 e. The highest BCUT2D eigenvalue weighted by Crippen LogP contribution is 2.00. The third-order valence-electron chi connectivity index (χ3n) is 2.52. The van der Waals surface area contributed by atoms with Gasteiger partial charge in [0, 0.05) is 25.5 Å². The molecule has 0 radical (unpaired) electrons. The standard InChI is InChI=1S/C11H19N3O2/c1-10(11(15)16)8-13(2)5-3-6-14-7-4-12-9-14/h4,7,9-10H,3,5-6,8H2,1-2H3,(H,15,16). The molecule has 1 aromatic heterocycles. The molecule has 1 atom stereocenters. The van der Waals surface area contributed by atoms with Crippen LogP contribution in [0.4, 0.5) is 0 Å². The fourth-order valence-corrected chi connectivity index (χ4v) is 1.58. The van der Waals surface area contributed by atoms with Crippen molar-refractivity contribution in [2.24, 2.45) is 5.92 Å². The predicted molar refractivity (Wildman–Crippen MR) is 61.1 cm³/mol. The summed E-state index contributed by atoms with van der Waals surface area (Å²) in [4.78, 5) is 16.7. The van der Waals surface area contributed by atoms with Crippen molar-refractivity contribution in [3.05, 3.63) is 18.7 Å². The molecule has 0 saturated carbocycles. The fraction of sp³-hybridized carbons (Fsp3) is 0.636. The van der Waals surface area contributed by atoms with Crippen LogP contribution in [0.25, 0.3) is 0 Å². The van der Waals surface area contributed by atoms with E-state index >= 15 is 0 Å². The topological polar surface area (TPSA) is 58.4 Å². The first kappa shape index (κ1) is 12.7. The Balaban J connectivity index is 2.15. The van der Waals surface area contributed by atoms with Gasteiger partial charge in [0.2, 0.25) is 0 Å². The number of aliphatic carboxylic acids is 1. The second-order valence-electron chi connectivity index (χ2n) is 4.16. The summed E-state index contributed by atoms with van der Waals surface area (Å²) in [5, 5.41) is 8.77. The van der Waals surface area contributed by atoms with Gasteiger partial charge in [-0.3, -0.25) is 4.79 Å². The first-order chi connectivity index (χ1) is 7.59. The molecule has 5 heteroatoms. The molecular weight excluding hydrogens is 206 g/mol. The van der Waals surface area contributed by atoms with Crippen LogP contribution in [0, 0.1) is 5.92 Å². The average Bonchev–Trinajstić information content (AvgIpc) is 2.70. The maximum absolute atomic E-state index is 10.7. The number of aromatic nitrogens is 2. The van der Waals surface area contributed by atoms with Crippen molar-refractivity contribution in [3.63, 3.8) is 0 Å². The van der Waals surface area contributed by atoms with Gasteiger partial charge >= 0.3 is 5.97 Å². The van der Waals surface area contributed by atoms with Crippen LogP contribution in [-0.4, -0.2) is 45.7 Å². The Morgan fingerprint density at radius 1 is 1.62 bits per heavy atom. The van der Waals surface area contributed by atoms with Crippen molar-refractivity contribution in [3.8, 4) is 0 Å². The number of aryl methyl sites for hydroxylation is 1. The molecule has 0 fully saturated rings. The molecule has 0 amide bonds. The van der Waals surface area contributed by atoms with Crippen LogP contribution >= 0.6 is 0 Å². The second kappa shape index (κ2) is 6.27. The van der Waals surface area contributed by atoms with E-state index in [0.29, 0.717) is 6.54 Å². The molecule has 1 rings (SSSR count). The van der Waals surface area contributed by atoms with Crippen molar-refractivity contribution < 1.29 is 9.90 Å². The van der Waals surface area contributed by atoms with Gasteiger partial charge in [0.05, 0.1) is 12.2 Å². The Morgan fingerprint density at radius 2 is 2.38 bits per heavy atom. The molecule has 0 bridgehead atoms. The minimum Gasteiger partial charge on any atom is -0.481 e. The zero-order valence-electron chi connectivity index (χ0n) is 9.83. The lowest BCUT2D eigenvalue weighted by Gasteiger charge is -2.18. The number of carboxylic acid groups (broad SMARTS) is 1. The Morgan fingerprint density at radius 3 is 2.94 bits per heavy atom. The van der Waals surface area contributed by atoms with Gasteiger partial charge in [-0.2, -0.15) is 0 Å². The molecule has 1 heterocycles. The number of hydrogen-bond acceptors (Lipinski definition) is 3. The number of imidazole rings is 1. The van der Waals surface area contributed by atoms with E-state index in [1.165, 1.54) is 0 Å². The number of rotatable bonds is 7. The van der Waals surface area contributed by atoms with Crippen LogP contribution < -0.4 is 0 Å². The third kappa shape index (κ3) is 4.44. The zero-order valence-corrected chi connectivity index (χ0v) is 9.83. The Bertz CT molecular complexity index is 311. The Labute approximate surface area is 95.7 Å². The molecule has 1 unspecified atom stereocenters. The number of carboxylic acids is 1. The molecule has 0 spiro atoms. The lowest BCUT2D eigenvalue weighted by Crippen LogP contribution is -2.29. The van der Waals surface area contributed by atoms with Gasteiger partial charge in [0.25, 0.3) is 0 Å². The first-order valence-corrected chi connectivity index (χ1v) is 5.46. The van der Waals surface area contributed by atoms with Crippen molar-refractivity contribution in [1.29, 1.82) is 0 Å². The van der Waals surface area contributed by atoms with Crippen LogP contribution in [-0.2, 0) is 11.3 Å². The van der Waals surface area contributed by atoms with E-state index in [9.17, 15) is 4.79 Å². The van der Waals surface area contributed by atoms with Crippen molar-refractivity contribution >= 4 is 5.97 Å². The highest BCUT2D eigenvalue weighted by atomic mass is 16.4. The van der Waals surface area contributed by atoms with Crippen LogP contribution in [0.2, 0.25) is 0 Å². The number of carbonyl (C=O) groups is 1. The molecule has 0 aromatic carbocycles. The number of hydrogen-bond donors (Lipinski definition) is 1. The molecule has 1 N–H and O–H groups in total. The van der Waals surface area contributed by atoms with Gasteiger partial charge in [-0.1, -0.05) is 6.92 Å². The van der Waals surface area contributed by atoms with Crippen molar-refractivity contribution in [2.75, 3.05) is 20.1 Å². The van der Waals surface area contributed by atoms with E-state index < -0.39 is 5.97 Å². The van der Waals surface area contributed by atoms with Gasteiger partial charge in [-0.05, 0) is 20.0 Å². The first-order valence-electron chi connectivity index (χ1n) is 5.46. The van der Waals surface area contributed by atoms with Crippen LogP contribution in [0.1, 0.15) is 13.3 Å². The molecule has 5 nitrogen and oxygen atoms in total. The smallest absolute Gasteiger partial charge is 0.307 e. The van der Waals surface area contributed by atoms with E-state index in [2.05, 4.69) is 9.88 Å². The van der Waals surface area contributed by atoms with E-state index in [1.807, 2.05) is 17.8 Å². The monoisotopic (exact) mass is 225 g/mol. The molecule has 0 saturated heterocycles. The normalized spacial score (nSPS) is 12.9. The summed E-state index contributed by atoms with van der Waals surface area (Å²) in [7, 11) is 1.95. The predicted octanol–water partition coefficient (Wildman–Crippen LogP) is 0.926. The van der Waals surface area contributed by atoms with Crippen molar-refractivity contribution in [1.82, 2.24) is 14.5 Å². The van der Waals surface area contributed by atoms with Crippen LogP contribution in [0.5, 0.6) is 0 Å². The van der Waals surface area contributed by atoms with E-state index in [-0.39, 0.29) is 5.92 Å². The fourth-order valence-electron chi connectivity index (χ4n) is 1.58. The molecule has 0 aliphatic heterocycles. The van der Waals surface area contributed by atoms with E-state index in [0.717, 1.165) is 19.5 Å². The molecule has 0 aliphatic rings. The van der Waals surface area contributed by atoms with Gasteiger partial charge in [-0.15, -0.1) is 0 Å². The molecular formula is C11H19N3O2. The molecule has 0 aliphatic carbocycles. The van der Waals surface area contributed by atoms with Gasteiger partial charge < -0.3 is 14.6 Å². The summed E-state index contributed by atoms with van der Waals surface area (Å²) < 4.78 is 2.02. The SMILES string of the molecule is CC(CN(C)CCCn1ccnc1)C(=O)O. The molecule has 16 heavy (non-hydrogen) atoms. The van der Waals surface area contributed by atoms with E-state index in [4.69, 9.17) is 5.11 Å². The largest absolute Gasteiger partial charge is 0.481 e. The average molecular weight is 225 g/mol. The lowest BCUT2D eigenvalue weighted by molar-refractivity contribution is -0.141.